The monoisotopic (exact) mass is 613 g/mol. The number of carbonyl (C=O) groups excluding carboxylic acids is 2. The second-order valence-electron chi connectivity index (χ2n) is 9.67. The lowest BCUT2D eigenvalue weighted by Crippen LogP contribution is -2.42. The maximum atomic E-state index is 13.0. The van der Waals surface area contributed by atoms with E-state index >= 15 is 0 Å². The summed E-state index contributed by atoms with van der Waals surface area (Å²) in [5, 5.41) is 2.96. The summed E-state index contributed by atoms with van der Waals surface area (Å²) in [6, 6.07) is 18.8. The molecule has 1 aliphatic rings. The molecule has 1 aliphatic heterocycles. The van der Waals surface area contributed by atoms with Crippen LogP contribution >= 0.6 is 15.9 Å². The fraction of sp³-hybridized carbons (Fsp3) is 0.310. The van der Waals surface area contributed by atoms with Crippen LogP contribution in [0.4, 0.5) is 0 Å². The summed E-state index contributed by atoms with van der Waals surface area (Å²) in [7, 11) is -2.16. The standard InChI is InChI=1S/C29H32BrN3O5S/c1-20-5-14-25(27(18-20)38-19-22-6-10-23(30)11-7-22)28(34)32-39(36,37)24-12-8-21(9-13-24)15-16-31-29(35)26-4-3-17-33(26)2/h5-14,18,26H,3-4,15-17,19H2,1-2H3,(H,31,35)(H,32,34). The summed E-state index contributed by atoms with van der Waals surface area (Å²) < 4.78 is 34.9. The molecule has 8 nitrogen and oxygen atoms in total. The van der Waals surface area contributed by atoms with E-state index in [1.54, 1.807) is 30.3 Å². The van der Waals surface area contributed by atoms with Crippen molar-refractivity contribution in [1.82, 2.24) is 14.9 Å². The van der Waals surface area contributed by atoms with Gasteiger partial charge in [-0.25, -0.2) is 13.1 Å². The first-order valence-corrected chi connectivity index (χ1v) is 15.0. The van der Waals surface area contributed by atoms with Gasteiger partial charge in [-0.1, -0.05) is 46.3 Å². The molecule has 0 bridgehead atoms. The number of likely N-dealkylation sites (tertiary alicyclic amines) is 1. The van der Waals surface area contributed by atoms with Crippen molar-refractivity contribution in [2.75, 3.05) is 20.1 Å². The van der Waals surface area contributed by atoms with Gasteiger partial charge in [0.1, 0.15) is 12.4 Å². The van der Waals surface area contributed by atoms with Crippen molar-refractivity contribution >= 4 is 37.8 Å². The highest BCUT2D eigenvalue weighted by Crippen LogP contribution is 2.23. The number of carbonyl (C=O) groups is 2. The van der Waals surface area contributed by atoms with Crippen LogP contribution in [0.3, 0.4) is 0 Å². The molecule has 39 heavy (non-hydrogen) atoms. The van der Waals surface area contributed by atoms with Gasteiger partial charge in [0, 0.05) is 11.0 Å². The molecule has 3 aromatic carbocycles. The molecule has 1 atom stereocenters. The highest BCUT2D eigenvalue weighted by Gasteiger charge is 2.27. The molecule has 0 aromatic heterocycles. The van der Waals surface area contributed by atoms with Crippen LogP contribution in [0.15, 0.2) is 76.1 Å². The minimum absolute atomic E-state index is 0.0215. The first-order valence-electron chi connectivity index (χ1n) is 12.7. The molecule has 3 aromatic rings. The molecule has 0 spiro atoms. The van der Waals surface area contributed by atoms with Gasteiger partial charge in [-0.3, -0.25) is 14.5 Å². The van der Waals surface area contributed by atoms with Crippen LogP contribution in [0.2, 0.25) is 0 Å². The Balaban J connectivity index is 1.36. The number of aryl methyl sites for hydroxylation is 1. The van der Waals surface area contributed by atoms with Gasteiger partial charge >= 0.3 is 0 Å². The molecular formula is C29H32BrN3O5S. The molecule has 0 radical (unpaired) electrons. The molecular weight excluding hydrogens is 582 g/mol. The minimum atomic E-state index is -4.11. The Bertz CT molecular complexity index is 1430. The largest absolute Gasteiger partial charge is 0.488 e. The predicted octanol–water partition coefficient (Wildman–Crippen LogP) is 4.21. The Hall–Kier alpha value is -3.21. The average molecular weight is 615 g/mol. The van der Waals surface area contributed by atoms with Crippen LogP contribution in [0.1, 0.15) is 39.9 Å². The molecule has 10 heteroatoms. The third kappa shape index (κ3) is 7.68. The Kier molecular flexibility index (Phi) is 9.42. The van der Waals surface area contributed by atoms with Crippen molar-refractivity contribution in [3.05, 3.63) is 93.5 Å². The van der Waals surface area contributed by atoms with Gasteiger partial charge in [0.25, 0.3) is 15.9 Å². The van der Waals surface area contributed by atoms with E-state index in [1.165, 1.54) is 12.1 Å². The number of hydrogen-bond acceptors (Lipinski definition) is 6. The Morgan fingerprint density at radius 1 is 1.03 bits per heavy atom. The molecule has 1 heterocycles. The zero-order valence-corrected chi connectivity index (χ0v) is 24.3. The molecule has 206 valence electrons. The zero-order chi connectivity index (χ0) is 28.0. The number of halogens is 1. The van der Waals surface area contributed by atoms with Crippen LogP contribution in [0, 0.1) is 6.92 Å². The molecule has 1 fully saturated rings. The molecule has 4 rings (SSSR count). The fourth-order valence-corrected chi connectivity index (χ4v) is 5.67. The predicted molar refractivity (Wildman–Crippen MR) is 153 cm³/mol. The lowest BCUT2D eigenvalue weighted by molar-refractivity contribution is -0.125. The number of amides is 2. The Morgan fingerprint density at radius 3 is 2.38 bits per heavy atom. The van der Waals surface area contributed by atoms with Crippen molar-refractivity contribution in [1.29, 1.82) is 0 Å². The molecule has 1 unspecified atom stereocenters. The highest BCUT2D eigenvalue weighted by atomic mass is 79.9. The molecule has 1 saturated heterocycles. The van der Waals surface area contributed by atoms with Crippen molar-refractivity contribution in [2.24, 2.45) is 0 Å². The van der Waals surface area contributed by atoms with Gasteiger partial charge in [0.05, 0.1) is 16.5 Å². The van der Waals surface area contributed by atoms with E-state index < -0.39 is 15.9 Å². The SMILES string of the molecule is Cc1ccc(C(=O)NS(=O)(=O)c2ccc(CCNC(=O)C3CCCN3C)cc2)c(OCc2ccc(Br)cc2)c1. The first-order chi connectivity index (χ1) is 18.6. The van der Waals surface area contributed by atoms with E-state index in [9.17, 15) is 18.0 Å². The van der Waals surface area contributed by atoms with E-state index in [-0.39, 0.29) is 29.0 Å². The van der Waals surface area contributed by atoms with Crippen LogP contribution in [-0.2, 0) is 27.8 Å². The first kappa shape index (κ1) is 28.8. The van der Waals surface area contributed by atoms with E-state index in [1.807, 2.05) is 38.2 Å². The maximum Gasteiger partial charge on any atom is 0.268 e. The van der Waals surface area contributed by atoms with Gasteiger partial charge in [-0.05, 0) is 92.9 Å². The second kappa shape index (κ2) is 12.8. The summed E-state index contributed by atoms with van der Waals surface area (Å²) in [5.41, 5.74) is 2.79. The van der Waals surface area contributed by atoms with Crippen molar-refractivity contribution in [3.8, 4) is 5.75 Å². The van der Waals surface area contributed by atoms with Gasteiger partial charge in [0.2, 0.25) is 5.91 Å². The van der Waals surface area contributed by atoms with E-state index in [4.69, 9.17) is 4.74 Å². The topological polar surface area (TPSA) is 105 Å². The minimum Gasteiger partial charge on any atom is -0.488 e. The third-order valence-electron chi connectivity index (χ3n) is 6.69. The average Bonchev–Trinajstić information content (AvgIpc) is 3.34. The lowest BCUT2D eigenvalue weighted by atomic mass is 10.1. The van der Waals surface area contributed by atoms with E-state index in [0.717, 1.165) is 40.5 Å². The molecule has 0 saturated carbocycles. The van der Waals surface area contributed by atoms with Crippen molar-refractivity contribution < 1.29 is 22.7 Å². The number of nitrogens with zero attached hydrogens (tertiary/aromatic N) is 1. The number of likely N-dealkylation sites (N-methyl/N-ethyl adjacent to an activating group) is 1. The van der Waals surface area contributed by atoms with Gasteiger partial charge in [0.15, 0.2) is 0 Å². The van der Waals surface area contributed by atoms with Crippen LogP contribution in [-0.4, -0.2) is 51.3 Å². The lowest BCUT2D eigenvalue weighted by Gasteiger charge is -2.18. The van der Waals surface area contributed by atoms with Gasteiger partial charge in [-0.15, -0.1) is 0 Å². The smallest absolute Gasteiger partial charge is 0.268 e. The molecule has 0 aliphatic carbocycles. The number of benzene rings is 3. The molecule has 2 amide bonds. The summed E-state index contributed by atoms with van der Waals surface area (Å²) >= 11 is 3.39. The second-order valence-corrected chi connectivity index (χ2v) is 12.3. The van der Waals surface area contributed by atoms with Crippen molar-refractivity contribution in [3.63, 3.8) is 0 Å². The summed E-state index contributed by atoms with van der Waals surface area (Å²) in [6.07, 6.45) is 2.45. The van der Waals surface area contributed by atoms with Crippen LogP contribution in [0.5, 0.6) is 5.75 Å². The van der Waals surface area contributed by atoms with E-state index in [2.05, 4.69) is 30.9 Å². The number of sulfonamides is 1. The number of rotatable bonds is 10. The van der Waals surface area contributed by atoms with Crippen molar-refractivity contribution in [2.45, 2.75) is 43.7 Å². The van der Waals surface area contributed by atoms with Crippen LogP contribution < -0.4 is 14.8 Å². The van der Waals surface area contributed by atoms with Gasteiger partial charge < -0.3 is 10.1 Å². The Morgan fingerprint density at radius 2 is 1.72 bits per heavy atom. The van der Waals surface area contributed by atoms with Gasteiger partial charge in [-0.2, -0.15) is 0 Å². The summed E-state index contributed by atoms with van der Waals surface area (Å²) in [4.78, 5) is 27.4. The number of ether oxygens (including phenoxy) is 1. The quantitative estimate of drug-likeness (QED) is 0.355. The third-order valence-corrected chi connectivity index (χ3v) is 8.56. The van der Waals surface area contributed by atoms with E-state index in [0.29, 0.717) is 18.7 Å². The molecule has 2 N–H and O–H groups in total. The summed E-state index contributed by atoms with van der Waals surface area (Å²) in [6.45, 7) is 3.48. The summed E-state index contributed by atoms with van der Waals surface area (Å²) in [5.74, 6) is -0.454. The number of hydrogen-bond donors (Lipinski definition) is 2. The maximum absolute atomic E-state index is 13.0. The zero-order valence-electron chi connectivity index (χ0n) is 21.9. The highest BCUT2D eigenvalue weighted by molar-refractivity contribution is 9.10. The van der Waals surface area contributed by atoms with Crippen LogP contribution in [0.25, 0.3) is 0 Å². The normalized spacial score (nSPS) is 15.6. The fourth-order valence-electron chi connectivity index (χ4n) is 4.44. The Labute approximate surface area is 237 Å². The number of nitrogens with one attached hydrogen (secondary N) is 2.